The Kier molecular flexibility index (Phi) is 3.71. The van der Waals surface area contributed by atoms with Crippen LogP contribution >= 0.6 is 0 Å². The van der Waals surface area contributed by atoms with Crippen molar-refractivity contribution < 1.29 is 14.3 Å². The Hall–Kier alpha value is -2.94. The number of carbonyl (C=O) groups is 2. The number of rotatable bonds is 4. The number of hydrogen-bond acceptors (Lipinski definition) is 3. The molecule has 0 unspecified atom stereocenters. The van der Waals surface area contributed by atoms with Crippen LogP contribution in [0, 0.1) is 0 Å². The van der Waals surface area contributed by atoms with Crippen LogP contribution in [-0.4, -0.2) is 18.7 Å². The molecule has 0 amide bonds. The summed E-state index contributed by atoms with van der Waals surface area (Å²) in [6.07, 6.45) is 0. The van der Waals surface area contributed by atoms with E-state index in [-0.39, 0.29) is 0 Å². The van der Waals surface area contributed by atoms with Gasteiger partial charge in [-0.1, -0.05) is 48.5 Å². The van der Waals surface area contributed by atoms with Gasteiger partial charge < -0.3 is 4.74 Å². The molecule has 3 nitrogen and oxygen atoms in total. The van der Waals surface area contributed by atoms with Crippen LogP contribution in [0.1, 0.15) is 20.7 Å². The molecule has 0 N–H and O–H groups in total. The van der Waals surface area contributed by atoms with Crippen molar-refractivity contribution in [1.29, 1.82) is 0 Å². The van der Waals surface area contributed by atoms with Crippen molar-refractivity contribution in [3.8, 4) is 5.75 Å². The first kappa shape index (κ1) is 14.0. The second-order valence-electron chi connectivity index (χ2n) is 4.95. The Balaban J connectivity index is 1.95. The molecule has 0 aliphatic carbocycles. The number of Topliss-reactive ketones (excluding diaryl/α,β-unsaturated/α-hetero) is 2. The lowest BCUT2D eigenvalue weighted by Crippen LogP contribution is -2.14. The highest BCUT2D eigenvalue weighted by Gasteiger charge is 2.19. The highest BCUT2D eigenvalue weighted by molar-refractivity contribution is 6.49. The molecule has 0 spiro atoms. The monoisotopic (exact) mass is 290 g/mol. The van der Waals surface area contributed by atoms with Gasteiger partial charge in [0, 0.05) is 11.1 Å². The maximum atomic E-state index is 12.4. The molecule has 0 saturated carbocycles. The van der Waals surface area contributed by atoms with E-state index in [4.69, 9.17) is 4.74 Å². The molecule has 0 heterocycles. The summed E-state index contributed by atoms with van der Waals surface area (Å²) in [4.78, 5) is 24.7. The standard InChI is InChI=1S/C19H14O3/c1-22-17-8-4-7-15(12-17)18(20)19(21)16-10-9-13-5-2-3-6-14(13)11-16/h2-12H,1H3. The van der Waals surface area contributed by atoms with Gasteiger partial charge in [-0.25, -0.2) is 0 Å². The minimum atomic E-state index is -0.533. The van der Waals surface area contributed by atoms with E-state index < -0.39 is 11.6 Å². The summed E-state index contributed by atoms with van der Waals surface area (Å²) in [6, 6.07) is 19.6. The zero-order valence-corrected chi connectivity index (χ0v) is 12.1. The Morgan fingerprint density at radius 2 is 1.41 bits per heavy atom. The van der Waals surface area contributed by atoms with Crippen LogP contribution in [0.3, 0.4) is 0 Å². The quantitative estimate of drug-likeness (QED) is 0.540. The van der Waals surface area contributed by atoms with Gasteiger partial charge in [0.25, 0.3) is 0 Å². The van der Waals surface area contributed by atoms with Crippen LogP contribution in [0.25, 0.3) is 10.8 Å². The molecular formula is C19H14O3. The third kappa shape index (κ3) is 2.61. The van der Waals surface area contributed by atoms with Gasteiger partial charge in [-0.05, 0) is 29.0 Å². The molecule has 108 valence electrons. The summed E-state index contributed by atoms with van der Waals surface area (Å²) in [5.74, 6) is -0.495. The fourth-order valence-electron chi connectivity index (χ4n) is 2.36. The van der Waals surface area contributed by atoms with Crippen molar-refractivity contribution in [2.24, 2.45) is 0 Å². The second kappa shape index (κ2) is 5.82. The van der Waals surface area contributed by atoms with Gasteiger partial charge in [-0.2, -0.15) is 0 Å². The molecule has 3 rings (SSSR count). The summed E-state index contributed by atoms with van der Waals surface area (Å²) in [5.41, 5.74) is 0.726. The smallest absolute Gasteiger partial charge is 0.233 e. The van der Waals surface area contributed by atoms with Crippen LogP contribution < -0.4 is 4.74 Å². The maximum absolute atomic E-state index is 12.4. The van der Waals surface area contributed by atoms with Crippen LogP contribution in [0.5, 0.6) is 5.75 Å². The van der Waals surface area contributed by atoms with Gasteiger partial charge in [0.2, 0.25) is 11.6 Å². The van der Waals surface area contributed by atoms with Gasteiger partial charge in [0.1, 0.15) is 5.75 Å². The van der Waals surface area contributed by atoms with Gasteiger partial charge >= 0.3 is 0 Å². The summed E-state index contributed by atoms with van der Waals surface area (Å²) in [6.45, 7) is 0. The second-order valence-corrected chi connectivity index (χ2v) is 4.95. The Morgan fingerprint density at radius 3 is 2.14 bits per heavy atom. The predicted molar refractivity (Wildman–Crippen MR) is 85.6 cm³/mol. The predicted octanol–water partition coefficient (Wildman–Crippen LogP) is 3.91. The fourth-order valence-corrected chi connectivity index (χ4v) is 2.36. The largest absolute Gasteiger partial charge is 0.497 e. The first-order valence-corrected chi connectivity index (χ1v) is 6.91. The van der Waals surface area contributed by atoms with Crippen LogP contribution in [0.2, 0.25) is 0 Å². The van der Waals surface area contributed by atoms with E-state index in [1.54, 1.807) is 36.4 Å². The van der Waals surface area contributed by atoms with Crippen LogP contribution in [-0.2, 0) is 0 Å². The number of ether oxygens (including phenoxy) is 1. The SMILES string of the molecule is COc1cccc(C(=O)C(=O)c2ccc3ccccc3c2)c1. The average molecular weight is 290 g/mol. The van der Waals surface area contributed by atoms with E-state index in [9.17, 15) is 9.59 Å². The molecule has 0 aromatic heterocycles. The summed E-state index contributed by atoms with van der Waals surface area (Å²) >= 11 is 0. The minimum absolute atomic E-state index is 0.331. The van der Waals surface area contributed by atoms with E-state index in [2.05, 4.69) is 0 Å². The summed E-state index contributed by atoms with van der Waals surface area (Å²) in [5, 5.41) is 1.97. The molecule has 0 fully saturated rings. The van der Waals surface area contributed by atoms with Crippen molar-refractivity contribution in [2.45, 2.75) is 0 Å². The van der Waals surface area contributed by atoms with E-state index in [0.717, 1.165) is 10.8 Å². The third-order valence-corrected chi connectivity index (χ3v) is 3.55. The Labute approximate surface area is 128 Å². The van der Waals surface area contributed by atoms with E-state index in [1.807, 2.05) is 30.3 Å². The van der Waals surface area contributed by atoms with E-state index in [1.165, 1.54) is 7.11 Å². The summed E-state index contributed by atoms with van der Waals surface area (Å²) < 4.78 is 5.08. The summed E-state index contributed by atoms with van der Waals surface area (Å²) in [7, 11) is 1.52. The van der Waals surface area contributed by atoms with Crippen LogP contribution in [0.4, 0.5) is 0 Å². The highest BCUT2D eigenvalue weighted by atomic mass is 16.5. The number of benzene rings is 3. The van der Waals surface area contributed by atoms with Crippen molar-refractivity contribution in [1.82, 2.24) is 0 Å². The normalized spacial score (nSPS) is 10.4. The molecule has 3 aromatic carbocycles. The molecule has 0 radical (unpaired) electrons. The molecule has 22 heavy (non-hydrogen) atoms. The van der Waals surface area contributed by atoms with Gasteiger partial charge in [0.15, 0.2) is 0 Å². The number of fused-ring (bicyclic) bond motifs is 1. The molecule has 0 aliphatic heterocycles. The lowest BCUT2D eigenvalue weighted by molar-refractivity contribution is 0.0817. The van der Waals surface area contributed by atoms with Gasteiger partial charge in [0.05, 0.1) is 7.11 Å². The first-order chi connectivity index (χ1) is 10.7. The molecule has 0 bridgehead atoms. The lowest BCUT2D eigenvalue weighted by Gasteiger charge is -2.05. The molecule has 0 saturated heterocycles. The Morgan fingerprint density at radius 1 is 0.727 bits per heavy atom. The number of hydrogen-bond donors (Lipinski definition) is 0. The molecule has 0 atom stereocenters. The minimum Gasteiger partial charge on any atom is -0.497 e. The van der Waals surface area contributed by atoms with E-state index in [0.29, 0.717) is 16.9 Å². The molecular weight excluding hydrogens is 276 g/mol. The van der Waals surface area contributed by atoms with Crippen molar-refractivity contribution in [3.63, 3.8) is 0 Å². The number of ketones is 2. The topological polar surface area (TPSA) is 43.4 Å². The number of carbonyl (C=O) groups excluding carboxylic acids is 2. The molecule has 3 aromatic rings. The number of methoxy groups -OCH3 is 1. The fraction of sp³-hybridized carbons (Fsp3) is 0.0526. The third-order valence-electron chi connectivity index (χ3n) is 3.55. The highest BCUT2D eigenvalue weighted by Crippen LogP contribution is 2.19. The van der Waals surface area contributed by atoms with Crippen LogP contribution in [0.15, 0.2) is 66.7 Å². The maximum Gasteiger partial charge on any atom is 0.233 e. The van der Waals surface area contributed by atoms with Crippen molar-refractivity contribution in [2.75, 3.05) is 7.11 Å². The first-order valence-electron chi connectivity index (χ1n) is 6.91. The lowest BCUT2D eigenvalue weighted by atomic mass is 9.99. The zero-order chi connectivity index (χ0) is 15.5. The van der Waals surface area contributed by atoms with E-state index >= 15 is 0 Å². The average Bonchev–Trinajstić information content (AvgIpc) is 2.60. The molecule has 0 aliphatic rings. The van der Waals surface area contributed by atoms with Gasteiger partial charge in [-0.15, -0.1) is 0 Å². The van der Waals surface area contributed by atoms with Crippen molar-refractivity contribution >= 4 is 22.3 Å². The van der Waals surface area contributed by atoms with Gasteiger partial charge in [-0.3, -0.25) is 9.59 Å². The Bertz CT molecular complexity index is 865. The van der Waals surface area contributed by atoms with Crippen molar-refractivity contribution in [3.05, 3.63) is 77.9 Å². The zero-order valence-electron chi connectivity index (χ0n) is 12.1. The molecule has 3 heteroatoms.